The van der Waals surface area contributed by atoms with Gasteiger partial charge in [0.15, 0.2) is 0 Å². The zero-order valence-electron chi connectivity index (χ0n) is 10.4. The van der Waals surface area contributed by atoms with Gasteiger partial charge in [-0.2, -0.15) is 0 Å². The average Bonchev–Trinajstić information content (AvgIpc) is 2.59. The summed E-state index contributed by atoms with van der Waals surface area (Å²) in [5, 5.41) is 0.617. The van der Waals surface area contributed by atoms with Gasteiger partial charge in [-0.15, -0.1) is 11.8 Å². The molecule has 1 saturated heterocycles. The number of nitrogens with zero attached hydrogens (tertiary/aromatic N) is 1. The topological polar surface area (TPSA) is 20.3 Å². The summed E-state index contributed by atoms with van der Waals surface area (Å²) in [7, 11) is 2.12. The quantitative estimate of drug-likeness (QED) is 0.818. The van der Waals surface area contributed by atoms with E-state index in [1.165, 1.54) is 4.90 Å². The first kappa shape index (κ1) is 12.7. The first-order valence-corrected chi connectivity index (χ1v) is 6.94. The lowest BCUT2D eigenvalue weighted by molar-refractivity contribution is -0.117. The van der Waals surface area contributed by atoms with E-state index in [0.717, 1.165) is 13.0 Å². The van der Waals surface area contributed by atoms with E-state index in [9.17, 15) is 4.79 Å². The van der Waals surface area contributed by atoms with Crippen molar-refractivity contribution in [2.24, 2.45) is 0 Å². The molecule has 0 saturated carbocycles. The monoisotopic (exact) mass is 249 g/mol. The Morgan fingerprint density at radius 1 is 1.41 bits per heavy atom. The molecule has 0 N–H and O–H groups in total. The van der Waals surface area contributed by atoms with Crippen LogP contribution in [-0.4, -0.2) is 35.6 Å². The predicted octanol–water partition coefficient (Wildman–Crippen LogP) is 2.83. The van der Waals surface area contributed by atoms with Gasteiger partial charge in [0.2, 0.25) is 0 Å². The molecular weight excluding hydrogens is 230 g/mol. The number of rotatable bonds is 4. The largest absolute Gasteiger partial charge is 0.302 e. The molecule has 0 amide bonds. The Morgan fingerprint density at radius 3 is 2.76 bits per heavy atom. The molecule has 2 rings (SSSR count). The maximum absolute atomic E-state index is 11.2. The number of hydrogen-bond acceptors (Lipinski definition) is 3. The minimum Gasteiger partial charge on any atom is -0.302 e. The van der Waals surface area contributed by atoms with Crippen LogP contribution in [0.25, 0.3) is 0 Å². The van der Waals surface area contributed by atoms with E-state index in [1.807, 2.05) is 17.8 Å². The van der Waals surface area contributed by atoms with E-state index in [1.54, 1.807) is 6.92 Å². The van der Waals surface area contributed by atoms with Crippen molar-refractivity contribution in [3.05, 3.63) is 30.3 Å². The molecule has 0 aromatic heterocycles. The van der Waals surface area contributed by atoms with Crippen LogP contribution in [0.2, 0.25) is 0 Å². The van der Waals surface area contributed by atoms with E-state index in [4.69, 9.17) is 0 Å². The highest BCUT2D eigenvalue weighted by molar-refractivity contribution is 8.00. The third kappa shape index (κ3) is 3.58. The van der Waals surface area contributed by atoms with Crippen LogP contribution >= 0.6 is 11.8 Å². The molecule has 1 heterocycles. The second-order valence-electron chi connectivity index (χ2n) is 4.79. The zero-order valence-corrected chi connectivity index (χ0v) is 11.2. The van der Waals surface area contributed by atoms with Crippen LogP contribution in [-0.2, 0) is 4.79 Å². The highest BCUT2D eigenvalue weighted by Crippen LogP contribution is 2.32. The summed E-state index contributed by atoms with van der Waals surface area (Å²) in [5.74, 6) is 0.298. The Labute approximate surface area is 107 Å². The first-order chi connectivity index (χ1) is 8.15. The fourth-order valence-electron chi connectivity index (χ4n) is 2.38. The highest BCUT2D eigenvalue weighted by Gasteiger charge is 2.30. The minimum atomic E-state index is 0.298. The molecule has 0 spiro atoms. The lowest BCUT2D eigenvalue weighted by atomic mass is 10.1. The van der Waals surface area contributed by atoms with Crippen LogP contribution in [0.15, 0.2) is 35.2 Å². The van der Waals surface area contributed by atoms with Gasteiger partial charge < -0.3 is 4.90 Å². The Morgan fingerprint density at radius 2 is 2.12 bits per heavy atom. The fourth-order valence-corrected chi connectivity index (χ4v) is 3.70. The summed E-state index contributed by atoms with van der Waals surface area (Å²) in [6.07, 6.45) is 1.82. The van der Waals surface area contributed by atoms with Gasteiger partial charge in [-0.25, -0.2) is 0 Å². The summed E-state index contributed by atoms with van der Waals surface area (Å²) in [6.45, 7) is 2.77. The standard InChI is InChI=1S/C14H19NOS/c1-11(16)8-12-9-14(10-15(12)2)17-13-6-4-3-5-7-13/h3-7,12,14H,8-10H2,1-2H3/t12-,14+/m1/s1. The Hall–Kier alpha value is -0.800. The lowest BCUT2D eigenvalue weighted by Gasteiger charge is -2.16. The SMILES string of the molecule is CC(=O)C[C@@H]1C[C@H](Sc2ccccc2)CN1C. The highest BCUT2D eigenvalue weighted by atomic mass is 32.2. The van der Waals surface area contributed by atoms with Crippen LogP contribution in [0.5, 0.6) is 0 Å². The van der Waals surface area contributed by atoms with Gasteiger partial charge in [0, 0.05) is 29.2 Å². The Balaban J connectivity index is 1.91. The van der Waals surface area contributed by atoms with Crippen molar-refractivity contribution >= 4 is 17.5 Å². The van der Waals surface area contributed by atoms with Crippen molar-refractivity contribution in [3.8, 4) is 0 Å². The lowest BCUT2D eigenvalue weighted by Crippen LogP contribution is -2.26. The van der Waals surface area contributed by atoms with Crippen LogP contribution in [0, 0.1) is 0 Å². The van der Waals surface area contributed by atoms with E-state index in [2.05, 4.69) is 36.2 Å². The summed E-state index contributed by atoms with van der Waals surface area (Å²) < 4.78 is 0. The summed E-state index contributed by atoms with van der Waals surface area (Å²) in [4.78, 5) is 14.8. The van der Waals surface area contributed by atoms with Gasteiger partial charge in [-0.05, 0) is 32.5 Å². The average molecular weight is 249 g/mol. The molecule has 2 nitrogen and oxygen atoms in total. The number of thioether (sulfide) groups is 1. The maximum Gasteiger partial charge on any atom is 0.131 e. The molecule has 17 heavy (non-hydrogen) atoms. The number of carbonyl (C=O) groups is 1. The van der Waals surface area contributed by atoms with Gasteiger partial charge in [-0.1, -0.05) is 18.2 Å². The Kier molecular flexibility index (Phi) is 4.24. The van der Waals surface area contributed by atoms with Gasteiger partial charge in [0.25, 0.3) is 0 Å². The van der Waals surface area contributed by atoms with E-state index in [0.29, 0.717) is 23.5 Å². The number of likely N-dealkylation sites (tertiary alicyclic amines) is 1. The van der Waals surface area contributed by atoms with Gasteiger partial charge >= 0.3 is 0 Å². The molecule has 0 unspecified atom stereocenters. The molecule has 1 aromatic rings. The number of ketones is 1. The maximum atomic E-state index is 11.2. The fraction of sp³-hybridized carbons (Fsp3) is 0.500. The first-order valence-electron chi connectivity index (χ1n) is 6.06. The van der Waals surface area contributed by atoms with Gasteiger partial charge in [0.1, 0.15) is 5.78 Å². The molecule has 0 aliphatic carbocycles. The second-order valence-corrected chi connectivity index (χ2v) is 6.16. The molecule has 92 valence electrons. The van der Waals surface area contributed by atoms with E-state index >= 15 is 0 Å². The van der Waals surface area contributed by atoms with Crippen LogP contribution in [0.4, 0.5) is 0 Å². The molecule has 1 aromatic carbocycles. The van der Waals surface area contributed by atoms with Crippen molar-refractivity contribution in [3.63, 3.8) is 0 Å². The van der Waals surface area contributed by atoms with Crippen molar-refractivity contribution in [2.45, 2.75) is 36.0 Å². The Bertz CT molecular complexity index is 379. The summed E-state index contributed by atoms with van der Waals surface area (Å²) >= 11 is 1.93. The van der Waals surface area contributed by atoms with Crippen molar-refractivity contribution in [1.29, 1.82) is 0 Å². The molecule has 3 heteroatoms. The molecule has 0 bridgehead atoms. The molecule has 0 radical (unpaired) electrons. The molecule has 2 atom stereocenters. The smallest absolute Gasteiger partial charge is 0.131 e. The van der Waals surface area contributed by atoms with Crippen LogP contribution in [0.1, 0.15) is 19.8 Å². The second kappa shape index (κ2) is 5.69. The van der Waals surface area contributed by atoms with E-state index < -0.39 is 0 Å². The van der Waals surface area contributed by atoms with Gasteiger partial charge in [0.05, 0.1) is 0 Å². The van der Waals surface area contributed by atoms with Gasteiger partial charge in [-0.3, -0.25) is 4.79 Å². The zero-order chi connectivity index (χ0) is 12.3. The molecule has 1 aliphatic rings. The van der Waals surface area contributed by atoms with Crippen molar-refractivity contribution < 1.29 is 4.79 Å². The summed E-state index contributed by atoms with van der Waals surface area (Å²) in [5.41, 5.74) is 0. The number of carbonyl (C=O) groups excluding carboxylic acids is 1. The minimum absolute atomic E-state index is 0.298. The van der Waals surface area contributed by atoms with Crippen molar-refractivity contribution in [1.82, 2.24) is 4.90 Å². The third-order valence-corrected chi connectivity index (χ3v) is 4.44. The number of Topliss-reactive ketones (excluding diaryl/α,β-unsaturated/α-hetero) is 1. The number of hydrogen-bond donors (Lipinski definition) is 0. The van der Waals surface area contributed by atoms with Crippen LogP contribution in [0.3, 0.4) is 0 Å². The number of benzene rings is 1. The molecule has 1 aliphatic heterocycles. The molecule has 1 fully saturated rings. The van der Waals surface area contributed by atoms with Crippen LogP contribution < -0.4 is 0 Å². The molecular formula is C14H19NOS. The third-order valence-electron chi connectivity index (χ3n) is 3.22. The summed E-state index contributed by atoms with van der Waals surface area (Å²) in [6, 6.07) is 10.9. The predicted molar refractivity (Wildman–Crippen MR) is 72.4 cm³/mol. The van der Waals surface area contributed by atoms with Crippen molar-refractivity contribution in [2.75, 3.05) is 13.6 Å². The van der Waals surface area contributed by atoms with E-state index in [-0.39, 0.29) is 0 Å². The normalized spacial score (nSPS) is 25.1.